The quantitative estimate of drug-likeness (QED) is 0.842. The summed E-state index contributed by atoms with van der Waals surface area (Å²) in [5.41, 5.74) is 10.6. The molecule has 0 radical (unpaired) electrons. The molecule has 0 saturated carbocycles. The van der Waals surface area contributed by atoms with Gasteiger partial charge in [-0.05, 0) is 42.5 Å². The number of halogens is 1. The highest BCUT2D eigenvalue weighted by molar-refractivity contribution is 6.31. The molecule has 0 atom stereocenters. The average Bonchev–Trinajstić information content (AvgIpc) is 2.85. The average molecular weight is 248 g/mol. The van der Waals surface area contributed by atoms with Crippen LogP contribution in [0.1, 0.15) is 17.5 Å². The van der Waals surface area contributed by atoms with Crippen molar-refractivity contribution in [2.45, 2.75) is 19.3 Å². The molecule has 0 saturated heterocycles. The molecular weight excluding hydrogens is 234 g/mol. The second kappa shape index (κ2) is 3.77. The lowest BCUT2D eigenvalue weighted by Crippen LogP contribution is -1.97. The van der Waals surface area contributed by atoms with Gasteiger partial charge in [-0.25, -0.2) is 0 Å². The van der Waals surface area contributed by atoms with Gasteiger partial charge in [0.2, 0.25) is 0 Å². The Morgan fingerprint density at radius 1 is 1.29 bits per heavy atom. The molecule has 3 rings (SSSR count). The Kier molecular flexibility index (Phi) is 2.37. The molecule has 0 unspecified atom stereocenters. The Balaban J connectivity index is 2.20. The van der Waals surface area contributed by atoms with Gasteiger partial charge in [0.15, 0.2) is 0 Å². The number of nitrogens with two attached hydrogens (primary N) is 1. The Labute approximate surface area is 105 Å². The monoisotopic (exact) mass is 247 g/mol. The highest BCUT2D eigenvalue weighted by Gasteiger charge is 2.18. The predicted molar refractivity (Wildman–Crippen MR) is 70.1 cm³/mol. The number of rotatable bonds is 1. The molecule has 1 aliphatic rings. The van der Waals surface area contributed by atoms with Crippen molar-refractivity contribution in [3.63, 3.8) is 0 Å². The third-order valence-electron chi connectivity index (χ3n) is 3.37. The van der Waals surface area contributed by atoms with E-state index in [0.29, 0.717) is 5.82 Å². The van der Waals surface area contributed by atoms with Crippen molar-refractivity contribution in [2.24, 2.45) is 7.05 Å². The number of hydrogen-bond acceptors (Lipinski definition) is 2. The summed E-state index contributed by atoms with van der Waals surface area (Å²) in [5.74, 6) is 0.673. The van der Waals surface area contributed by atoms with Gasteiger partial charge in [0.25, 0.3) is 0 Å². The largest absolute Gasteiger partial charge is 0.384 e. The van der Waals surface area contributed by atoms with E-state index in [9.17, 15) is 0 Å². The summed E-state index contributed by atoms with van der Waals surface area (Å²) in [6, 6.07) is 5.97. The third kappa shape index (κ3) is 1.71. The van der Waals surface area contributed by atoms with E-state index < -0.39 is 0 Å². The maximum atomic E-state index is 6.16. The van der Waals surface area contributed by atoms with Gasteiger partial charge in [-0.15, -0.1) is 0 Å². The molecule has 1 heterocycles. The van der Waals surface area contributed by atoms with E-state index in [1.165, 1.54) is 17.5 Å². The maximum absolute atomic E-state index is 6.16. The molecular formula is C13H14ClN3. The van der Waals surface area contributed by atoms with Crippen LogP contribution in [-0.4, -0.2) is 9.78 Å². The summed E-state index contributed by atoms with van der Waals surface area (Å²) in [5, 5.41) is 5.21. The van der Waals surface area contributed by atoms with Crippen LogP contribution in [0.15, 0.2) is 18.2 Å². The fraction of sp³-hybridized carbons (Fsp3) is 0.308. The molecule has 0 fully saturated rings. The molecule has 0 aliphatic heterocycles. The molecule has 4 heteroatoms. The zero-order valence-electron chi connectivity index (χ0n) is 9.70. The van der Waals surface area contributed by atoms with Gasteiger partial charge in [0, 0.05) is 23.7 Å². The van der Waals surface area contributed by atoms with Gasteiger partial charge < -0.3 is 5.73 Å². The van der Waals surface area contributed by atoms with E-state index in [1.54, 1.807) is 4.68 Å². The van der Waals surface area contributed by atoms with Crippen LogP contribution in [0.2, 0.25) is 5.02 Å². The van der Waals surface area contributed by atoms with Gasteiger partial charge in [-0.3, -0.25) is 4.68 Å². The molecule has 1 aromatic heterocycles. The van der Waals surface area contributed by atoms with Crippen LogP contribution in [0.4, 0.5) is 5.82 Å². The van der Waals surface area contributed by atoms with Gasteiger partial charge >= 0.3 is 0 Å². The second-order valence-corrected chi connectivity index (χ2v) is 4.96. The smallest absolute Gasteiger partial charge is 0.121 e. The Morgan fingerprint density at radius 2 is 2.12 bits per heavy atom. The Morgan fingerprint density at radius 3 is 2.82 bits per heavy atom. The molecule has 0 spiro atoms. The normalized spacial score (nSPS) is 14.0. The number of anilines is 1. The topological polar surface area (TPSA) is 43.8 Å². The lowest BCUT2D eigenvalue weighted by molar-refractivity contribution is 0.782. The van der Waals surface area contributed by atoms with E-state index in [4.69, 9.17) is 17.3 Å². The zero-order chi connectivity index (χ0) is 12.0. The molecule has 2 aromatic rings. The minimum absolute atomic E-state index is 0.673. The summed E-state index contributed by atoms with van der Waals surface area (Å²) >= 11 is 6.16. The minimum atomic E-state index is 0.673. The molecule has 0 amide bonds. The van der Waals surface area contributed by atoms with Gasteiger partial charge in [0.05, 0.1) is 5.69 Å². The molecule has 0 bridgehead atoms. The summed E-state index contributed by atoms with van der Waals surface area (Å²) < 4.78 is 1.69. The Hall–Kier alpha value is -1.48. The van der Waals surface area contributed by atoms with Crippen molar-refractivity contribution in [1.82, 2.24) is 9.78 Å². The highest BCUT2D eigenvalue weighted by atomic mass is 35.5. The summed E-state index contributed by atoms with van der Waals surface area (Å²) in [4.78, 5) is 0. The van der Waals surface area contributed by atoms with Crippen LogP contribution >= 0.6 is 11.6 Å². The third-order valence-corrected chi connectivity index (χ3v) is 3.59. The maximum Gasteiger partial charge on any atom is 0.121 e. The van der Waals surface area contributed by atoms with Crippen LogP contribution < -0.4 is 5.73 Å². The van der Waals surface area contributed by atoms with Gasteiger partial charge in [-0.2, -0.15) is 5.10 Å². The minimum Gasteiger partial charge on any atom is -0.384 e. The van der Waals surface area contributed by atoms with Crippen molar-refractivity contribution in [2.75, 3.05) is 5.73 Å². The number of aromatic nitrogens is 2. The van der Waals surface area contributed by atoms with Crippen LogP contribution in [0.25, 0.3) is 11.3 Å². The molecule has 88 valence electrons. The fourth-order valence-electron chi connectivity index (χ4n) is 2.51. The van der Waals surface area contributed by atoms with E-state index in [2.05, 4.69) is 11.2 Å². The molecule has 1 aliphatic carbocycles. The van der Waals surface area contributed by atoms with Crippen molar-refractivity contribution in [1.29, 1.82) is 0 Å². The van der Waals surface area contributed by atoms with E-state index in [-0.39, 0.29) is 0 Å². The van der Waals surface area contributed by atoms with Crippen molar-refractivity contribution < 1.29 is 0 Å². The van der Waals surface area contributed by atoms with Crippen LogP contribution in [0.5, 0.6) is 0 Å². The lowest BCUT2D eigenvalue weighted by atomic mass is 10.0. The van der Waals surface area contributed by atoms with Crippen LogP contribution in [0.3, 0.4) is 0 Å². The van der Waals surface area contributed by atoms with Crippen LogP contribution in [0, 0.1) is 0 Å². The zero-order valence-corrected chi connectivity index (χ0v) is 10.5. The number of fused-ring (bicyclic) bond motifs is 1. The first kappa shape index (κ1) is 10.7. The van der Waals surface area contributed by atoms with E-state index in [1.807, 2.05) is 19.2 Å². The number of nitrogens with zero attached hydrogens (tertiary/aromatic N) is 2. The summed E-state index contributed by atoms with van der Waals surface area (Å²) in [7, 11) is 1.85. The number of hydrogen-bond donors (Lipinski definition) is 1. The first-order chi connectivity index (χ1) is 8.15. The Bertz CT molecular complexity index is 567. The van der Waals surface area contributed by atoms with Crippen LogP contribution in [-0.2, 0) is 19.9 Å². The lowest BCUT2D eigenvalue weighted by Gasteiger charge is -2.06. The molecule has 3 nitrogen and oxygen atoms in total. The first-order valence-corrected chi connectivity index (χ1v) is 6.14. The first-order valence-electron chi connectivity index (χ1n) is 5.76. The van der Waals surface area contributed by atoms with Gasteiger partial charge in [-0.1, -0.05) is 11.6 Å². The molecule has 2 N–H and O–H groups in total. The van der Waals surface area contributed by atoms with Crippen molar-refractivity contribution in [3.8, 4) is 11.3 Å². The van der Waals surface area contributed by atoms with Gasteiger partial charge in [0.1, 0.15) is 5.82 Å². The number of benzene rings is 1. The molecule has 17 heavy (non-hydrogen) atoms. The second-order valence-electron chi connectivity index (χ2n) is 4.52. The van der Waals surface area contributed by atoms with E-state index in [0.717, 1.165) is 29.1 Å². The van der Waals surface area contributed by atoms with Crippen molar-refractivity contribution in [3.05, 3.63) is 34.3 Å². The number of nitrogen functional groups attached to an aromatic ring is 1. The van der Waals surface area contributed by atoms with E-state index >= 15 is 0 Å². The molecule has 1 aromatic carbocycles. The predicted octanol–water partition coefficient (Wildman–Crippen LogP) is 2.81. The highest BCUT2D eigenvalue weighted by Crippen LogP contribution is 2.35. The summed E-state index contributed by atoms with van der Waals surface area (Å²) in [6.45, 7) is 0. The summed E-state index contributed by atoms with van der Waals surface area (Å²) in [6.07, 6.45) is 3.43. The fourth-order valence-corrected chi connectivity index (χ4v) is 2.75. The van der Waals surface area contributed by atoms with Crippen molar-refractivity contribution >= 4 is 17.4 Å². The SMILES string of the molecule is Cn1nc(-c2cc(Cl)cc3c2CCC3)cc1N. The standard InChI is InChI=1S/C13H14ClN3/c1-17-13(15)7-12(16-17)11-6-9(14)5-8-3-2-4-10(8)11/h5-7H,2-4,15H2,1H3. The number of aryl methyl sites for hydroxylation is 2.